The Hall–Kier alpha value is -3.68. The van der Waals surface area contributed by atoms with Crippen molar-refractivity contribution in [1.82, 2.24) is 14.7 Å². The van der Waals surface area contributed by atoms with Crippen LogP contribution in [0.1, 0.15) is 30.6 Å². The van der Waals surface area contributed by atoms with Crippen molar-refractivity contribution in [2.75, 3.05) is 18.4 Å². The van der Waals surface area contributed by atoms with E-state index in [0.29, 0.717) is 46.7 Å². The van der Waals surface area contributed by atoms with Gasteiger partial charge >= 0.3 is 0 Å². The maximum atomic E-state index is 13.6. The van der Waals surface area contributed by atoms with E-state index in [9.17, 15) is 14.0 Å². The summed E-state index contributed by atoms with van der Waals surface area (Å²) in [6.45, 7) is 4.31. The molecule has 0 unspecified atom stereocenters. The molecule has 4 aromatic rings. The largest absolute Gasteiger partial charge is 0.329 e. The van der Waals surface area contributed by atoms with E-state index < -0.39 is 5.91 Å². The highest BCUT2D eigenvalue weighted by Crippen LogP contribution is 2.26. The van der Waals surface area contributed by atoms with Crippen molar-refractivity contribution in [3.05, 3.63) is 100 Å². The third-order valence-corrected chi connectivity index (χ3v) is 6.62. The van der Waals surface area contributed by atoms with Crippen LogP contribution in [0.4, 0.5) is 10.2 Å². The number of hydrogen-bond acceptors (Lipinski definition) is 3. The van der Waals surface area contributed by atoms with E-state index in [1.54, 1.807) is 35.0 Å². The standard InChI is InChI=1S/C29H27Cl2FN4O2/c1-19(2)14-15-35(29(38)21-8-13-24(30)25(31)16-21)18-28(37)33-27-17-26(20-6-4-3-5-7-20)34-36(27)23-11-9-22(32)10-12-23/h3-13,16-17,19H,14-15,18H2,1-2H3,(H,33,37). The van der Waals surface area contributed by atoms with Crippen LogP contribution in [-0.2, 0) is 4.79 Å². The molecule has 0 spiro atoms. The van der Waals surface area contributed by atoms with Gasteiger partial charge in [-0.2, -0.15) is 5.10 Å². The Balaban J connectivity index is 1.60. The number of carbonyl (C=O) groups excluding carboxylic acids is 2. The number of rotatable bonds is 9. The topological polar surface area (TPSA) is 67.2 Å². The van der Waals surface area contributed by atoms with E-state index in [1.807, 2.05) is 44.2 Å². The summed E-state index contributed by atoms with van der Waals surface area (Å²) in [4.78, 5) is 28.1. The lowest BCUT2D eigenvalue weighted by Crippen LogP contribution is -2.39. The molecule has 6 nitrogen and oxygen atoms in total. The minimum absolute atomic E-state index is 0.179. The molecule has 0 aliphatic heterocycles. The van der Waals surface area contributed by atoms with Gasteiger partial charge in [0.1, 0.15) is 18.2 Å². The van der Waals surface area contributed by atoms with E-state index in [1.165, 1.54) is 23.1 Å². The summed E-state index contributed by atoms with van der Waals surface area (Å²) in [5.74, 6) is -0.375. The van der Waals surface area contributed by atoms with Gasteiger partial charge in [-0.3, -0.25) is 9.59 Å². The van der Waals surface area contributed by atoms with Crippen LogP contribution in [-0.4, -0.2) is 39.6 Å². The van der Waals surface area contributed by atoms with Crippen molar-refractivity contribution in [3.8, 4) is 16.9 Å². The number of aromatic nitrogens is 2. The normalized spacial score (nSPS) is 11.0. The SMILES string of the molecule is CC(C)CCN(CC(=O)Nc1cc(-c2ccccc2)nn1-c1ccc(F)cc1)C(=O)c1ccc(Cl)c(Cl)c1. The molecular weight excluding hydrogens is 526 g/mol. The number of benzene rings is 3. The summed E-state index contributed by atoms with van der Waals surface area (Å²) in [5, 5.41) is 8.14. The first-order valence-electron chi connectivity index (χ1n) is 12.2. The minimum atomic E-state index is -0.398. The first-order valence-corrected chi connectivity index (χ1v) is 12.9. The lowest BCUT2D eigenvalue weighted by atomic mass is 10.1. The molecule has 196 valence electrons. The average molecular weight is 553 g/mol. The molecule has 0 radical (unpaired) electrons. The molecular formula is C29H27Cl2FN4O2. The second kappa shape index (κ2) is 12.2. The molecule has 9 heteroatoms. The Morgan fingerprint density at radius 1 is 0.974 bits per heavy atom. The maximum absolute atomic E-state index is 13.6. The Kier molecular flexibility index (Phi) is 8.81. The molecule has 0 atom stereocenters. The van der Waals surface area contributed by atoms with Crippen LogP contribution in [0.15, 0.2) is 78.9 Å². The molecule has 0 saturated heterocycles. The fourth-order valence-corrected chi connectivity index (χ4v) is 4.13. The van der Waals surface area contributed by atoms with Crippen LogP contribution in [0.5, 0.6) is 0 Å². The predicted molar refractivity (Wildman–Crippen MR) is 149 cm³/mol. The fraction of sp³-hybridized carbons (Fsp3) is 0.207. The second-order valence-corrected chi connectivity index (χ2v) is 10.1. The van der Waals surface area contributed by atoms with Gasteiger partial charge in [0.2, 0.25) is 5.91 Å². The van der Waals surface area contributed by atoms with Crippen molar-refractivity contribution in [2.24, 2.45) is 5.92 Å². The number of amides is 2. The van der Waals surface area contributed by atoms with Gasteiger partial charge in [0.25, 0.3) is 5.91 Å². The Labute approximate surface area is 231 Å². The molecule has 0 saturated carbocycles. The van der Waals surface area contributed by atoms with Gasteiger partial charge in [0.15, 0.2) is 0 Å². The second-order valence-electron chi connectivity index (χ2n) is 9.26. The average Bonchev–Trinajstić information content (AvgIpc) is 3.32. The zero-order valence-corrected chi connectivity index (χ0v) is 22.5. The number of carbonyl (C=O) groups is 2. The summed E-state index contributed by atoms with van der Waals surface area (Å²) in [7, 11) is 0. The number of halogens is 3. The van der Waals surface area contributed by atoms with Gasteiger partial charge in [-0.25, -0.2) is 9.07 Å². The van der Waals surface area contributed by atoms with Gasteiger partial charge in [0.05, 0.1) is 21.4 Å². The first kappa shape index (κ1) is 27.4. The monoisotopic (exact) mass is 552 g/mol. The fourth-order valence-electron chi connectivity index (χ4n) is 3.83. The molecule has 38 heavy (non-hydrogen) atoms. The molecule has 2 amide bonds. The molecule has 0 bridgehead atoms. The summed E-state index contributed by atoms with van der Waals surface area (Å²) < 4.78 is 15.1. The van der Waals surface area contributed by atoms with Crippen LogP contribution in [0.25, 0.3) is 16.9 Å². The van der Waals surface area contributed by atoms with Gasteiger partial charge in [-0.05, 0) is 54.8 Å². The zero-order chi connectivity index (χ0) is 27.2. The lowest BCUT2D eigenvalue weighted by Gasteiger charge is -2.23. The minimum Gasteiger partial charge on any atom is -0.329 e. The van der Waals surface area contributed by atoms with Gasteiger partial charge in [0, 0.05) is 23.7 Å². The summed E-state index contributed by atoms with van der Waals surface area (Å²) in [6, 6.07) is 21.7. The summed E-state index contributed by atoms with van der Waals surface area (Å²) >= 11 is 12.1. The van der Waals surface area contributed by atoms with Crippen molar-refractivity contribution in [3.63, 3.8) is 0 Å². The van der Waals surface area contributed by atoms with Crippen LogP contribution >= 0.6 is 23.2 Å². The quantitative estimate of drug-likeness (QED) is 0.240. The van der Waals surface area contributed by atoms with Crippen molar-refractivity contribution >= 4 is 40.8 Å². The smallest absolute Gasteiger partial charge is 0.254 e. The molecule has 1 N–H and O–H groups in total. The van der Waals surface area contributed by atoms with E-state index in [4.69, 9.17) is 23.2 Å². The number of nitrogens with one attached hydrogen (secondary N) is 1. The van der Waals surface area contributed by atoms with Gasteiger partial charge < -0.3 is 10.2 Å². The summed E-state index contributed by atoms with van der Waals surface area (Å²) in [5.41, 5.74) is 2.41. The lowest BCUT2D eigenvalue weighted by molar-refractivity contribution is -0.117. The van der Waals surface area contributed by atoms with Gasteiger partial charge in [-0.15, -0.1) is 0 Å². The van der Waals surface area contributed by atoms with Crippen LogP contribution in [0.3, 0.4) is 0 Å². The first-order chi connectivity index (χ1) is 18.2. The van der Waals surface area contributed by atoms with E-state index in [0.717, 1.165) is 5.56 Å². The van der Waals surface area contributed by atoms with E-state index in [-0.39, 0.29) is 23.3 Å². The van der Waals surface area contributed by atoms with Crippen molar-refractivity contribution < 1.29 is 14.0 Å². The summed E-state index contributed by atoms with van der Waals surface area (Å²) in [6.07, 6.45) is 0.714. The Morgan fingerprint density at radius 2 is 1.68 bits per heavy atom. The highest BCUT2D eigenvalue weighted by atomic mass is 35.5. The molecule has 0 fully saturated rings. The predicted octanol–water partition coefficient (Wildman–Crippen LogP) is 7.11. The molecule has 0 aliphatic carbocycles. The third-order valence-electron chi connectivity index (χ3n) is 5.88. The highest BCUT2D eigenvalue weighted by molar-refractivity contribution is 6.42. The Morgan fingerprint density at radius 3 is 2.34 bits per heavy atom. The highest BCUT2D eigenvalue weighted by Gasteiger charge is 2.22. The van der Waals surface area contributed by atoms with E-state index in [2.05, 4.69) is 10.4 Å². The number of anilines is 1. The molecule has 0 aliphatic rings. The molecule has 4 rings (SSSR count). The zero-order valence-electron chi connectivity index (χ0n) is 21.0. The maximum Gasteiger partial charge on any atom is 0.254 e. The van der Waals surface area contributed by atoms with E-state index >= 15 is 0 Å². The Bertz CT molecular complexity index is 1420. The molecule has 1 aromatic heterocycles. The molecule has 3 aromatic carbocycles. The number of hydrogen-bond donors (Lipinski definition) is 1. The third kappa shape index (κ3) is 6.79. The number of nitrogens with zero attached hydrogens (tertiary/aromatic N) is 3. The van der Waals surface area contributed by atoms with Crippen molar-refractivity contribution in [2.45, 2.75) is 20.3 Å². The van der Waals surface area contributed by atoms with Gasteiger partial charge in [-0.1, -0.05) is 67.4 Å². The van der Waals surface area contributed by atoms with Crippen LogP contribution in [0, 0.1) is 11.7 Å². The van der Waals surface area contributed by atoms with Crippen LogP contribution < -0.4 is 5.32 Å². The van der Waals surface area contributed by atoms with Crippen LogP contribution in [0.2, 0.25) is 10.0 Å². The molecule has 1 heterocycles. The van der Waals surface area contributed by atoms with Crippen molar-refractivity contribution in [1.29, 1.82) is 0 Å².